The van der Waals surface area contributed by atoms with E-state index in [4.69, 9.17) is 0 Å². The number of rotatable bonds is 3. The molecule has 0 bridgehead atoms. The summed E-state index contributed by atoms with van der Waals surface area (Å²) in [4.78, 5) is 2.19. The zero-order chi connectivity index (χ0) is 9.28. The van der Waals surface area contributed by atoms with E-state index in [1.807, 2.05) is 7.05 Å². The summed E-state index contributed by atoms with van der Waals surface area (Å²) >= 11 is 0. The molecule has 0 fully saturated rings. The molecule has 1 atom stereocenters. The van der Waals surface area contributed by atoms with Gasteiger partial charge in [0.2, 0.25) is 0 Å². The molecular formula is C9H24N2. The van der Waals surface area contributed by atoms with Crippen molar-refractivity contribution in [3.05, 3.63) is 0 Å². The molecule has 0 aliphatic carbocycles. The molecule has 11 heavy (non-hydrogen) atoms. The number of hydrogen-bond acceptors (Lipinski definition) is 2. The van der Waals surface area contributed by atoms with Gasteiger partial charge in [-0.1, -0.05) is 20.3 Å². The van der Waals surface area contributed by atoms with Crippen LogP contribution >= 0.6 is 0 Å². The fourth-order valence-corrected chi connectivity index (χ4v) is 0.478. The van der Waals surface area contributed by atoms with Crippen molar-refractivity contribution >= 4 is 0 Å². The normalized spacial score (nSPS) is 12.3. The van der Waals surface area contributed by atoms with Crippen molar-refractivity contribution in [1.29, 1.82) is 0 Å². The third kappa shape index (κ3) is 13.0. The average Bonchev–Trinajstić information content (AvgIpc) is 1.90. The Labute approximate surface area is 72.0 Å². The number of likely N-dealkylation sites (N-methyl/N-ethyl adjacent to an activating group) is 2. The van der Waals surface area contributed by atoms with Crippen LogP contribution in [0.3, 0.4) is 0 Å². The Bertz CT molecular complexity index is 62.6. The zero-order valence-corrected chi connectivity index (χ0v) is 8.94. The lowest BCUT2D eigenvalue weighted by atomic mass is 10.3. The van der Waals surface area contributed by atoms with Crippen LogP contribution in [0.2, 0.25) is 0 Å². The van der Waals surface area contributed by atoms with E-state index >= 15 is 0 Å². The molecule has 1 N–H and O–H groups in total. The Morgan fingerprint density at radius 2 is 1.64 bits per heavy atom. The Kier molecular flexibility index (Phi) is 12.2. The van der Waals surface area contributed by atoms with Crippen molar-refractivity contribution in [2.24, 2.45) is 0 Å². The highest BCUT2D eigenvalue weighted by Gasteiger charge is 1.99. The monoisotopic (exact) mass is 160 g/mol. The minimum absolute atomic E-state index is 0.639. The van der Waals surface area contributed by atoms with Gasteiger partial charge in [0.15, 0.2) is 0 Å². The number of hydrogen-bond donors (Lipinski definition) is 1. The molecule has 0 aliphatic heterocycles. The van der Waals surface area contributed by atoms with E-state index in [2.05, 4.69) is 45.1 Å². The molecule has 0 saturated carbocycles. The van der Waals surface area contributed by atoms with Crippen molar-refractivity contribution in [2.75, 3.05) is 27.7 Å². The molecule has 0 aromatic carbocycles. The minimum Gasteiger partial charge on any atom is -0.318 e. The highest BCUT2D eigenvalue weighted by atomic mass is 15.1. The van der Waals surface area contributed by atoms with Crippen molar-refractivity contribution in [3.8, 4) is 0 Å². The van der Waals surface area contributed by atoms with Gasteiger partial charge >= 0.3 is 0 Å². The summed E-state index contributed by atoms with van der Waals surface area (Å²) in [5.74, 6) is 0. The van der Waals surface area contributed by atoms with E-state index in [0.29, 0.717) is 6.04 Å². The van der Waals surface area contributed by atoms with Crippen LogP contribution in [-0.2, 0) is 0 Å². The first-order valence-corrected chi connectivity index (χ1v) is 4.41. The van der Waals surface area contributed by atoms with E-state index in [-0.39, 0.29) is 0 Å². The molecule has 0 radical (unpaired) electrons. The van der Waals surface area contributed by atoms with Crippen molar-refractivity contribution in [2.45, 2.75) is 33.2 Å². The van der Waals surface area contributed by atoms with Crippen molar-refractivity contribution in [1.82, 2.24) is 10.2 Å². The van der Waals surface area contributed by atoms with Crippen LogP contribution in [0.15, 0.2) is 0 Å². The molecule has 1 unspecified atom stereocenters. The first-order chi connectivity index (χ1) is 5.09. The standard InChI is InChI=1S/C6H16N2.C3H8/c1-6(5-7-2)8(3)4;1-3-2/h6-7H,5H2,1-4H3;3H2,1-2H3. The Hall–Kier alpha value is -0.0800. The maximum absolute atomic E-state index is 3.11. The van der Waals surface area contributed by atoms with Gasteiger partial charge < -0.3 is 10.2 Å². The second-order valence-electron chi connectivity index (χ2n) is 3.08. The van der Waals surface area contributed by atoms with Gasteiger partial charge in [-0.3, -0.25) is 0 Å². The molecule has 2 nitrogen and oxygen atoms in total. The topological polar surface area (TPSA) is 15.3 Å². The summed E-state index contributed by atoms with van der Waals surface area (Å²) in [5.41, 5.74) is 0. The summed E-state index contributed by atoms with van der Waals surface area (Å²) < 4.78 is 0. The smallest absolute Gasteiger partial charge is 0.0186 e. The molecule has 70 valence electrons. The molecule has 0 rings (SSSR count). The van der Waals surface area contributed by atoms with Crippen LogP contribution in [0, 0.1) is 0 Å². The SMILES string of the molecule is CCC.CNCC(C)N(C)C. The lowest BCUT2D eigenvalue weighted by Gasteiger charge is -2.18. The van der Waals surface area contributed by atoms with Crippen LogP contribution in [0.25, 0.3) is 0 Å². The highest BCUT2D eigenvalue weighted by molar-refractivity contribution is 4.59. The van der Waals surface area contributed by atoms with Gasteiger partial charge in [0.1, 0.15) is 0 Å². The fraction of sp³-hybridized carbons (Fsp3) is 1.00. The van der Waals surface area contributed by atoms with Gasteiger partial charge in [0, 0.05) is 12.6 Å². The van der Waals surface area contributed by atoms with E-state index in [1.165, 1.54) is 6.42 Å². The Balaban J connectivity index is 0. The van der Waals surface area contributed by atoms with Gasteiger partial charge in [-0.2, -0.15) is 0 Å². The average molecular weight is 160 g/mol. The number of nitrogens with one attached hydrogen (secondary N) is 1. The fourth-order valence-electron chi connectivity index (χ4n) is 0.478. The summed E-state index contributed by atoms with van der Waals surface area (Å²) in [6, 6.07) is 0.639. The maximum Gasteiger partial charge on any atom is 0.0186 e. The first-order valence-electron chi connectivity index (χ1n) is 4.41. The second kappa shape index (κ2) is 9.92. The summed E-state index contributed by atoms with van der Waals surface area (Å²) in [5, 5.41) is 3.11. The molecule has 0 aromatic heterocycles. The van der Waals surface area contributed by atoms with Gasteiger partial charge in [-0.15, -0.1) is 0 Å². The third-order valence-electron chi connectivity index (χ3n) is 1.38. The van der Waals surface area contributed by atoms with Crippen LogP contribution < -0.4 is 5.32 Å². The largest absolute Gasteiger partial charge is 0.318 e. The van der Waals surface area contributed by atoms with Gasteiger partial charge in [0.25, 0.3) is 0 Å². The van der Waals surface area contributed by atoms with Crippen LogP contribution in [0.4, 0.5) is 0 Å². The molecule has 0 aromatic rings. The van der Waals surface area contributed by atoms with Crippen molar-refractivity contribution in [3.63, 3.8) is 0 Å². The predicted molar refractivity (Wildman–Crippen MR) is 53.0 cm³/mol. The molecular weight excluding hydrogens is 136 g/mol. The van der Waals surface area contributed by atoms with Crippen LogP contribution in [0.1, 0.15) is 27.2 Å². The van der Waals surface area contributed by atoms with Gasteiger partial charge in [0.05, 0.1) is 0 Å². The molecule has 0 heterocycles. The Morgan fingerprint density at radius 1 is 1.27 bits per heavy atom. The molecule has 2 heteroatoms. The molecule has 0 amide bonds. The molecule has 0 aliphatic rings. The summed E-state index contributed by atoms with van der Waals surface area (Å²) in [6.07, 6.45) is 1.25. The minimum atomic E-state index is 0.639. The maximum atomic E-state index is 3.11. The van der Waals surface area contributed by atoms with Crippen molar-refractivity contribution < 1.29 is 0 Å². The van der Waals surface area contributed by atoms with E-state index < -0.39 is 0 Å². The first kappa shape index (κ1) is 13.5. The predicted octanol–water partition coefficient (Wildman–Crippen LogP) is 1.57. The quantitative estimate of drug-likeness (QED) is 0.674. The third-order valence-corrected chi connectivity index (χ3v) is 1.38. The molecule has 0 spiro atoms. The summed E-state index contributed by atoms with van der Waals surface area (Å²) in [6.45, 7) is 7.50. The van der Waals surface area contributed by atoms with Gasteiger partial charge in [-0.05, 0) is 28.1 Å². The van der Waals surface area contributed by atoms with Crippen LogP contribution in [0.5, 0.6) is 0 Å². The second-order valence-corrected chi connectivity index (χ2v) is 3.08. The number of nitrogens with zero attached hydrogens (tertiary/aromatic N) is 1. The Morgan fingerprint density at radius 3 is 1.73 bits per heavy atom. The lowest BCUT2D eigenvalue weighted by Crippen LogP contribution is -2.33. The van der Waals surface area contributed by atoms with E-state index in [0.717, 1.165) is 6.54 Å². The molecule has 0 saturated heterocycles. The van der Waals surface area contributed by atoms with E-state index in [1.54, 1.807) is 0 Å². The summed E-state index contributed by atoms with van der Waals surface area (Å²) in [7, 11) is 6.14. The highest BCUT2D eigenvalue weighted by Crippen LogP contribution is 1.86. The van der Waals surface area contributed by atoms with E-state index in [9.17, 15) is 0 Å². The van der Waals surface area contributed by atoms with Crippen LogP contribution in [-0.4, -0.2) is 38.6 Å². The lowest BCUT2D eigenvalue weighted by molar-refractivity contribution is 0.308. The van der Waals surface area contributed by atoms with Gasteiger partial charge in [-0.25, -0.2) is 0 Å². The zero-order valence-electron chi connectivity index (χ0n) is 8.94.